The number of nitrogens with one attached hydrogen (secondary N) is 7. The van der Waals surface area contributed by atoms with Crippen molar-refractivity contribution in [2.24, 2.45) is 11.8 Å². The lowest BCUT2D eigenvalue weighted by molar-refractivity contribution is -0.158. The van der Waals surface area contributed by atoms with E-state index in [2.05, 4.69) is 37.2 Å². The summed E-state index contributed by atoms with van der Waals surface area (Å²) >= 11 is 1.48. The summed E-state index contributed by atoms with van der Waals surface area (Å²) in [5.41, 5.74) is 0.630. The average Bonchev–Trinajstić information content (AvgIpc) is 0.756. The van der Waals surface area contributed by atoms with Gasteiger partial charge in [0.25, 0.3) is 0 Å². The number of rotatable bonds is 42. The lowest BCUT2D eigenvalue weighted by Gasteiger charge is -2.36. The number of carbonyl (C=O) groups is 12. The lowest BCUT2D eigenvalue weighted by Crippen LogP contribution is -2.57. The number of thioether (sulfide) groups is 1. The van der Waals surface area contributed by atoms with E-state index in [1.807, 2.05) is 109 Å². The standard InChI is InChI=1S/C85H115N7O16S/c1-57(45-48-74(98)105-81(3,4)5)88-79(103)91-66(78(102)107-83(9,10)11)46-47-72(96)86-49-33-16-15-32-44-73(97)89-67(51-60-36-24-18-25-37-60)70(94)52-61(50-59-34-22-17-23-35-59)76(100)87-55-69(92-80(104)108-84(12,13)14)77(101)90-68(54-75(99)106-82(6,7)8)71(95)53-62(58(2)93)56-109-85(63-38-26-19-27-39-63,64-40-28-20-29-41-64)65-42-30-21-31-43-65/h17-31,34-43,57,61-62,66-69H,15-16,32-33,44-56H2,1-14H3,(H,86,96)(H,87,100)(H,89,97)(H,90,101)(H,92,104)(H2,88,91,103)/t57-,61-,62+,66+,67+,68+,69+/m1/s1. The third-order valence-electron chi connectivity index (χ3n) is 17.1. The van der Waals surface area contributed by atoms with Crippen molar-refractivity contribution in [3.8, 4) is 0 Å². The molecule has 0 heterocycles. The van der Waals surface area contributed by atoms with Crippen molar-refractivity contribution < 1.29 is 76.5 Å². The van der Waals surface area contributed by atoms with Crippen LogP contribution in [-0.2, 0) is 84.5 Å². The van der Waals surface area contributed by atoms with E-state index < -0.39 is 148 Å². The molecule has 0 unspecified atom stereocenters. The van der Waals surface area contributed by atoms with Crippen LogP contribution in [0.2, 0.25) is 0 Å². The van der Waals surface area contributed by atoms with Crippen molar-refractivity contribution >= 4 is 82.8 Å². The molecule has 0 saturated carbocycles. The van der Waals surface area contributed by atoms with E-state index in [4.69, 9.17) is 18.9 Å². The highest BCUT2D eigenvalue weighted by Crippen LogP contribution is 2.49. The van der Waals surface area contributed by atoms with Crippen molar-refractivity contribution in [1.29, 1.82) is 0 Å². The number of ketones is 3. The molecule has 0 spiro atoms. The molecule has 23 nitrogen and oxygen atoms in total. The number of esters is 3. The number of ether oxygens (including phenoxy) is 4. The van der Waals surface area contributed by atoms with Gasteiger partial charge in [0.15, 0.2) is 11.6 Å². The van der Waals surface area contributed by atoms with Crippen molar-refractivity contribution in [1.82, 2.24) is 37.2 Å². The average molecular weight is 1520 g/mol. The Kier molecular flexibility index (Phi) is 35.9. The van der Waals surface area contributed by atoms with E-state index in [-0.39, 0.29) is 62.4 Å². The van der Waals surface area contributed by atoms with Crippen LogP contribution in [-0.4, -0.2) is 142 Å². The Morgan fingerprint density at radius 2 is 0.881 bits per heavy atom. The first-order valence-corrected chi connectivity index (χ1v) is 38.6. The normalized spacial score (nSPS) is 13.7. The SMILES string of the molecule is CC(=O)[C@H](CSC(c1ccccc1)(c1ccccc1)c1ccccc1)CC(=O)[C@H](CC(=O)OC(C)(C)C)NC(=O)[C@H](CNC(=O)[C@@H](CC(=O)[C@H](Cc1ccccc1)NC(=O)CCCCCCNC(=O)CC[C@H](NC(=O)N[C@H](C)CCC(=O)OC(C)(C)C)C(=O)OC(C)(C)C)Cc1ccccc1)NC(=O)OC(C)(C)C. The van der Waals surface area contributed by atoms with Crippen LogP contribution in [0.25, 0.3) is 0 Å². The molecule has 592 valence electrons. The molecule has 0 aromatic heterocycles. The fourth-order valence-electron chi connectivity index (χ4n) is 11.9. The molecule has 7 N–H and O–H groups in total. The maximum atomic E-state index is 14.9. The van der Waals surface area contributed by atoms with Gasteiger partial charge in [-0.15, -0.1) is 11.8 Å². The molecule has 0 radical (unpaired) electrons. The Labute approximate surface area is 647 Å². The monoisotopic (exact) mass is 1520 g/mol. The van der Waals surface area contributed by atoms with Gasteiger partial charge >= 0.3 is 30.0 Å². The van der Waals surface area contributed by atoms with Gasteiger partial charge in [-0.25, -0.2) is 14.4 Å². The summed E-state index contributed by atoms with van der Waals surface area (Å²) in [4.78, 5) is 166. The Morgan fingerprint density at radius 3 is 1.39 bits per heavy atom. The van der Waals surface area contributed by atoms with E-state index in [1.54, 1.807) is 132 Å². The van der Waals surface area contributed by atoms with Crippen LogP contribution in [0.1, 0.15) is 202 Å². The number of amides is 7. The Balaban J connectivity index is 1.28. The number of hydrogen-bond donors (Lipinski definition) is 7. The molecule has 0 aliphatic rings. The molecule has 0 saturated heterocycles. The molecule has 0 bridgehead atoms. The minimum atomic E-state index is -1.66. The zero-order valence-corrected chi connectivity index (χ0v) is 66.8. The Hall–Kier alpha value is -9.71. The van der Waals surface area contributed by atoms with Gasteiger partial charge < -0.3 is 56.2 Å². The molecule has 0 aliphatic heterocycles. The fourth-order valence-corrected chi connectivity index (χ4v) is 13.6. The topological polar surface area (TPSA) is 326 Å². The summed E-state index contributed by atoms with van der Waals surface area (Å²) in [6.07, 6.45) is 0.129. The highest BCUT2D eigenvalue weighted by Gasteiger charge is 2.40. The maximum absolute atomic E-state index is 14.9. The van der Waals surface area contributed by atoms with E-state index >= 15 is 0 Å². The van der Waals surface area contributed by atoms with Gasteiger partial charge in [-0.05, 0) is 163 Å². The molecular formula is C85H115N7O16S. The number of urea groups is 1. The maximum Gasteiger partial charge on any atom is 0.408 e. The summed E-state index contributed by atoms with van der Waals surface area (Å²) in [6, 6.07) is 40.9. The first-order valence-electron chi connectivity index (χ1n) is 37.6. The zero-order valence-electron chi connectivity index (χ0n) is 65.9. The highest BCUT2D eigenvalue weighted by molar-refractivity contribution is 8.00. The molecular weight excluding hydrogens is 1410 g/mol. The Bertz CT molecular complexity index is 3680. The quantitative estimate of drug-likeness (QED) is 0.00826. The van der Waals surface area contributed by atoms with E-state index in [1.165, 1.54) is 18.7 Å². The van der Waals surface area contributed by atoms with Gasteiger partial charge in [0.1, 0.15) is 40.3 Å². The predicted octanol–water partition coefficient (Wildman–Crippen LogP) is 12.0. The summed E-state index contributed by atoms with van der Waals surface area (Å²) < 4.78 is 21.3. The van der Waals surface area contributed by atoms with Crippen LogP contribution in [0.15, 0.2) is 152 Å². The number of Topliss-reactive ketones (excluding diaryl/α,β-unsaturated/α-hetero) is 3. The molecule has 7 atom stereocenters. The van der Waals surface area contributed by atoms with E-state index in [9.17, 15) is 57.5 Å². The van der Waals surface area contributed by atoms with Gasteiger partial charge in [0, 0.05) is 68.8 Å². The van der Waals surface area contributed by atoms with Gasteiger partial charge in [-0.2, -0.15) is 0 Å². The second kappa shape index (κ2) is 43.5. The van der Waals surface area contributed by atoms with Crippen LogP contribution < -0.4 is 37.2 Å². The predicted molar refractivity (Wildman–Crippen MR) is 421 cm³/mol. The zero-order chi connectivity index (χ0) is 80.5. The first-order chi connectivity index (χ1) is 51.3. The smallest absolute Gasteiger partial charge is 0.408 e. The number of alkyl carbamates (subject to hydrolysis) is 1. The molecule has 109 heavy (non-hydrogen) atoms. The molecule has 0 fully saturated rings. The van der Waals surface area contributed by atoms with Crippen LogP contribution in [0.5, 0.6) is 0 Å². The summed E-state index contributed by atoms with van der Waals surface area (Å²) in [5.74, 6) is -7.75. The minimum Gasteiger partial charge on any atom is -0.460 e. The third-order valence-corrected chi connectivity index (χ3v) is 18.8. The van der Waals surface area contributed by atoms with Gasteiger partial charge in [0.05, 0.1) is 23.3 Å². The van der Waals surface area contributed by atoms with Crippen LogP contribution in [0.3, 0.4) is 0 Å². The molecule has 5 aromatic carbocycles. The third kappa shape index (κ3) is 34.2. The second-order valence-corrected chi connectivity index (χ2v) is 32.7. The number of unbranched alkanes of at least 4 members (excludes halogenated alkanes) is 3. The lowest BCUT2D eigenvalue weighted by atomic mass is 9.84. The molecule has 5 rings (SSSR count). The summed E-state index contributed by atoms with van der Waals surface area (Å²) in [5, 5.41) is 19.1. The van der Waals surface area contributed by atoms with Crippen LogP contribution >= 0.6 is 11.8 Å². The number of carbonyl (C=O) groups excluding carboxylic acids is 12. The van der Waals surface area contributed by atoms with Crippen molar-refractivity contribution in [2.45, 2.75) is 244 Å². The highest BCUT2D eigenvalue weighted by atomic mass is 32.2. The first kappa shape index (κ1) is 89.9. The summed E-state index contributed by atoms with van der Waals surface area (Å²) in [6.45, 7) is 22.9. The molecule has 24 heteroatoms. The molecule has 7 amide bonds. The number of hydrogen-bond acceptors (Lipinski definition) is 17. The van der Waals surface area contributed by atoms with E-state index in [0.717, 1.165) is 22.3 Å². The molecule has 5 aromatic rings. The van der Waals surface area contributed by atoms with Crippen molar-refractivity contribution in [3.05, 3.63) is 179 Å². The van der Waals surface area contributed by atoms with E-state index in [0.29, 0.717) is 44.2 Å². The van der Waals surface area contributed by atoms with Gasteiger partial charge in [-0.3, -0.25) is 43.2 Å². The minimum absolute atomic E-state index is 0.0371. The fraction of sp³-hybridized carbons (Fsp3) is 0.506. The number of benzene rings is 5. The van der Waals surface area contributed by atoms with Crippen LogP contribution in [0, 0.1) is 11.8 Å². The van der Waals surface area contributed by atoms with Crippen molar-refractivity contribution in [2.75, 3.05) is 18.8 Å². The van der Waals surface area contributed by atoms with Gasteiger partial charge in [0.2, 0.25) is 23.6 Å². The largest absolute Gasteiger partial charge is 0.460 e. The molecule has 0 aliphatic carbocycles. The second-order valence-electron chi connectivity index (χ2n) is 31.5. The van der Waals surface area contributed by atoms with Crippen molar-refractivity contribution in [3.63, 3.8) is 0 Å². The summed E-state index contributed by atoms with van der Waals surface area (Å²) in [7, 11) is 0. The van der Waals surface area contributed by atoms with Gasteiger partial charge in [-0.1, -0.05) is 165 Å². The Morgan fingerprint density at radius 1 is 0.404 bits per heavy atom. The van der Waals surface area contributed by atoms with Crippen LogP contribution in [0.4, 0.5) is 9.59 Å².